The van der Waals surface area contributed by atoms with Crippen molar-refractivity contribution in [3.05, 3.63) is 54.1 Å². The van der Waals surface area contributed by atoms with Gasteiger partial charge in [-0.1, -0.05) is 43.8 Å². The third kappa shape index (κ3) is 1.76. The van der Waals surface area contributed by atoms with E-state index in [2.05, 4.69) is 52.5 Å². The monoisotopic (exact) mass is 239 g/mol. The number of hydrogen-bond acceptors (Lipinski definition) is 2. The Morgan fingerprint density at radius 2 is 2.17 bits per heavy atom. The lowest BCUT2D eigenvalue weighted by Crippen LogP contribution is -2.07. The standard InChI is InChI=1S/C15H17N3/c1-3-11(2)15-16-14-10-9-13(18(14)17-15)12-7-5-4-6-8-12/h4-8,13H,2-3,9-10H2,1H3. The molecule has 0 saturated carbocycles. The zero-order valence-electron chi connectivity index (χ0n) is 10.6. The fraction of sp³-hybridized carbons (Fsp3) is 0.333. The molecule has 0 bridgehead atoms. The van der Waals surface area contributed by atoms with Crippen LogP contribution in [0.3, 0.4) is 0 Å². The molecule has 1 aliphatic heterocycles. The molecule has 0 fully saturated rings. The van der Waals surface area contributed by atoms with Crippen LogP contribution >= 0.6 is 0 Å². The Balaban J connectivity index is 1.97. The lowest BCUT2D eigenvalue weighted by Gasteiger charge is -2.11. The van der Waals surface area contributed by atoms with Gasteiger partial charge >= 0.3 is 0 Å². The highest BCUT2D eigenvalue weighted by molar-refractivity contribution is 5.56. The maximum atomic E-state index is 4.63. The fourth-order valence-electron chi connectivity index (χ4n) is 2.45. The molecule has 3 heteroatoms. The van der Waals surface area contributed by atoms with Gasteiger partial charge in [0.05, 0.1) is 6.04 Å². The molecule has 0 N–H and O–H groups in total. The van der Waals surface area contributed by atoms with Gasteiger partial charge in [0.15, 0.2) is 5.82 Å². The van der Waals surface area contributed by atoms with Gasteiger partial charge in [-0.05, 0) is 24.0 Å². The van der Waals surface area contributed by atoms with Crippen LogP contribution in [0, 0.1) is 0 Å². The van der Waals surface area contributed by atoms with Gasteiger partial charge in [-0.15, -0.1) is 0 Å². The molecule has 0 amide bonds. The molecule has 18 heavy (non-hydrogen) atoms. The number of allylic oxidation sites excluding steroid dienone is 1. The second-order valence-electron chi connectivity index (χ2n) is 4.72. The summed E-state index contributed by atoms with van der Waals surface area (Å²) in [5.41, 5.74) is 2.33. The van der Waals surface area contributed by atoms with Crippen molar-refractivity contribution in [1.82, 2.24) is 14.8 Å². The first kappa shape index (κ1) is 11.2. The molecule has 2 aromatic rings. The highest BCUT2D eigenvalue weighted by Gasteiger charge is 2.26. The topological polar surface area (TPSA) is 30.7 Å². The molecule has 1 unspecified atom stereocenters. The first-order chi connectivity index (χ1) is 8.79. The molecular formula is C15H17N3. The normalized spacial score (nSPS) is 17.7. The van der Waals surface area contributed by atoms with Crippen molar-refractivity contribution >= 4 is 5.57 Å². The third-order valence-corrected chi connectivity index (χ3v) is 3.57. The van der Waals surface area contributed by atoms with Crippen molar-refractivity contribution in [3.8, 4) is 0 Å². The minimum Gasteiger partial charge on any atom is -0.242 e. The predicted molar refractivity (Wildman–Crippen MR) is 72.2 cm³/mol. The third-order valence-electron chi connectivity index (χ3n) is 3.57. The first-order valence-electron chi connectivity index (χ1n) is 6.48. The van der Waals surface area contributed by atoms with Crippen molar-refractivity contribution in [3.63, 3.8) is 0 Å². The summed E-state index contributed by atoms with van der Waals surface area (Å²) in [5.74, 6) is 1.90. The number of aromatic nitrogens is 3. The molecule has 1 aromatic heterocycles. The number of nitrogens with zero attached hydrogens (tertiary/aromatic N) is 3. The van der Waals surface area contributed by atoms with E-state index in [1.165, 1.54) is 5.56 Å². The van der Waals surface area contributed by atoms with Crippen LogP contribution in [0.25, 0.3) is 5.57 Å². The second kappa shape index (κ2) is 4.41. The zero-order valence-corrected chi connectivity index (χ0v) is 10.6. The molecule has 1 aromatic carbocycles. The van der Waals surface area contributed by atoms with Gasteiger partial charge < -0.3 is 0 Å². The molecule has 0 aliphatic carbocycles. The van der Waals surface area contributed by atoms with Gasteiger partial charge in [0, 0.05) is 6.42 Å². The van der Waals surface area contributed by atoms with Crippen LogP contribution < -0.4 is 0 Å². The van der Waals surface area contributed by atoms with Crippen LogP contribution in [-0.4, -0.2) is 14.8 Å². The molecule has 3 nitrogen and oxygen atoms in total. The van der Waals surface area contributed by atoms with E-state index in [1.54, 1.807) is 0 Å². The summed E-state index contributed by atoms with van der Waals surface area (Å²) < 4.78 is 2.07. The predicted octanol–water partition coefficient (Wildman–Crippen LogP) is 3.24. The van der Waals surface area contributed by atoms with Gasteiger partial charge in [0.25, 0.3) is 0 Å². The Hall–Kier alpha value is -1.90. The van der Waals surface area contributed by atoms with Gasteiger partial charge in [-0.3, -0.25) is 0 Å². The molecule has 3 rings (SSSR count). The lowest BCUT2D eigenvalue weighted by atomic mass is 10.1. The average Bonchev–Trinajstić information content (AvgIpc) is 2.98. The van der Waals surface area contributed by atoms with E-state index in [0.29, 0.717) is 6.04 Å². The molecule has 0 saturated heterocycles. The zero-order chi connectivity index (χ0) is 12.5. The minimum absolute atomic E-state index is 0.340. The summed E-state index contributed by atoms with van der Waals surface area (Å²) in [7, 11) is 0. The van der Waals surface area contributed by atoms with Crippen LogP contribution in [0.4, 0.5) is 0 Å². The summed E-state index contributed by atoms with van der Waals surface area (Å²) in [5, 5.41) is 4.63. The number of rotatable bonds is 3. The van der Waals surface area contributed by atoms with Gasteiger partial charge in [0.2, 0.25) is 0 Å². The van der Waals surface area contributed by atoms with E-state index < -0.39 is 0 Å². The molecule has 92 valence electrons. The van der Waals surface area contributed by atoms with Crippen LogP contribution in [-0.2, 0) is 6.42 Å². The summed E-state index contributed by atoms with van der Waals surface area (Å²) >= 11 is 0. The summed E-state index contributed by atoms with van der Waals surface area (Å²) in [6, 6.07) is 10.9. The van der Waals surface area contributed by atoms with Crippen molar-refractivity contribution < 1.29 is 0 Å². The van der Waals surface area contributed by atoms with E-state index in [4.69, 9.17) is 0 Å². The largest absolute Gasteiger partial charge is 0.242 e. The van der Waals surface area contributed by atoms with Crippen molar-refractivity contribution in [1.29, 1.82) is 0 Å². The van der Waals surface area contributed by atoms with Crippen LogP contribution in [0.2, 0.25) is 0 Å². The lowest BCUT2D eigenvalue weighted by molar-refractivity contribution is 0.553. The van der Waals surface area contributed by atoms with Crippen molar-refractivity contribution in [2.75, 3.05) is 0 Å². The molecule has 1 atom stereocenters. The highest BCUT2D eigenvalue weighted by atomic mass is 15.4. The summed E-state index contributed by atoms with van der Waals surface area (Å²) in [4.78, 5) is 4.59. The van der Waals surface area contributed by atoms with Crippen molar-refractivity contribution in [2.45, 2.75) is 32.2 Å². The maximum absolute atomic E-state index is 4.63. The Morgan fingerprint density at radius 3 is 2.89 bits per heavy atom. The fourth-order valence-corrected chi connectivity index (χ4v) is 2.45. The number of fused-ring (bicyclic) bond motifs is 1. The SMILES string of the molecule is C=C(CC)c1nc2n(n1)C(c1ccccc1)CC2. The van der Waals surface area contributed by atoms with E-state index >= 15 is 0 Å². The van der Waals surface area contributed by atoms with E-state index in [-0.39, 0.29) is 0 Å². The first-order valence-corrected chi connectivity index (χ1v) is 6.48. The van der Waals surface area contributed by atoms with Gasteiger partial charge in [0.1, 0.15) is 5.82 Å². The van der Waals surface area contributed by atoms with Crippen LogP contribution in [0.15, 0.2) is 36.9 Å². The molecular weight excluding hydrogens is 222 g/mol. The number of aryl methyl sites for hydroxylation is 1. The number of benzene rings is 1. The van der Waals surface area contributed by atoms with Gasteiger partial charge in [-0.25, -0.2) is 9.67 Å². The Bertz CT molecular complexity index is 569. The molecule has 1 aliphatic rings. The Labute approximate surface area is 107 Å². The highest BCUT2D eigenvalue weighted by Crippen LogP contribution is 2.31. The second-order valence-corrected chi connectivity index (χ2v) is 4.72. The van der Waals surface area contributed by atoms with Crippen LogP contribution in [0.5, 0.6) is 0 Å². The number of hydrogen-bond donors (Lipinski definition) is 0. The Kier molecular flexibility index (Phi) is 2.74. The molecule has 0 radical (unpaired) electrons. The van der Waals surface area contributed by atoms with Crippen LogP contribution in [0.1, 0.15) is 43.0 Å². The van der Waals surface area contributed by atoms with E-state index in [0.717, 1.165) is 36.5 Å². The van der Waals surface area contributed by atoms with Gasteiger partial charge in [-0.2, -0.15) is 5.10 Å². The quantitative estimate of drug-likeness (QED) is 0.823. The smallest absolute Gasteiger partial charge is 0.176 e. The Morgan fingerprint density at radius 1 is 1.39 bits per heavy atom. The summed E-state index contributed by atoms with van der Waals surface area (Å²) in [6.07, 6.45) is 3.00. The van der Waals surface area contributed by atoms with E-state index in [9.17, 15) is 0 Å². The molecule has 2 heterocycles. The maximum Gasteiger partial charge on any atom is 0.176 e. The van der Waals surface area contributed by atoms with E-state index in [1.807, 2.05) is 6.07 Å². The minimum atomic E-state index is 0.340. The average molecular weight is 239 g/mol. The van der Waals surface area contributed by atoms with Crippen molar-refractivity contribution in [2.24, 2.45) is 0 Å². The summed E-state index contributed by atoms with van der Waals surface area (Å²) in [6.45, 7) is 6.10. The molecule has 0 spiro atoms.